The third kappa shape index (κ3) is 3.01. The average molecular weight is 302 g/mol. The molecule has 6 heteroatoms. The first-order valence-corrected chi connectivity index (χ1v) is 7.50. The molecule has 5 nitrogen and oxygen atoms in total. The summed E-state index contributed by atoms with van der Waals surface area (Å²) in [6, 6.07) is 7.40. The van der Waals surface area contributed by atoms with Gasteiger partial charge in [-0.1, -0.05) is 18.0 Å². The van der Waals surface area contributed by atoms with Crippen LogP contribution >= 0.6 is 11.6 Å². The molecular formula is C15H16ClN5. The fourth-order valence-corrected chi connectivity index (χ4v) is 2.79. The van der Waals surface area contributed by atoms with E-state index in [2.05, 4.69) is 26.2 Å². The van der Waals surface area contributed by atoms with Gasteiger partial charge in [-0.15, -0.1) is 10.2 Å². The summed E-state index contributed by atoms with van der Waals surface area (Å²) in [6.07, 6.45) is 4.59. The topological polar surface area (TPSA) is 66.5 Å². The van der Waals surface area contributed by atoms with E-state index in [4.69, 9.17) is 16.9 Å². The van der Waals surface area contributed by atoms with Crippen molar-refractivity contribution < 1.29 is 0 Å². The van der Waals surface area contributed by atoms with Crippen LogP contribution < -0.4 is 5.32 Å². The second-order valence-electron chi connectivity index (χ2n) is 5.15. The molecule has 21 heavy (non-hydrogen) atoms. The Balaban J connectivity index is 1.77. The van der Waals surface area contributed by atoms with Gasteiger partial charge in [0.2, 0.25) is 0 Å². The van der Waals surface area contributed by atoms with E-state index in [1.807, 2.05) is 6.07 Å². The van der Waals surface area contributed by atoms with Gasteiger partial charge in [0.1, 0.15) is 11.9 Å². The van der Waals surface area contributed by atoms with E-state index in [1.165, 1.54) is 19.3 Å². The summed E-state index contributed by atoms with van der Waals surface area (Å²) in [6.45, 7) is 1.54. The molecule has 0 saturated heterocycles. The predicted molar refractivity (Wildman–Crippen MR) is 81.1 cm³/mol. The highest BCUT2D eigenvalue weighted by molar-refractivity contribution is 6.30. The van der Waals surface area contributed by atoms with Crippen molar-refractivity contribution >= 4 is 17.3 Å². The van der Waals surface area contributed by atoms with E-state index in [9.17, 15) is 0 Å². The summed E-state index contributed by atoms with van der Waals surface area (Å²) >= 11 is 5.90. The Morgan fingerprint density at radius 2 is 2.19 bits per heavy atom. The van der Waals surface area contributed by atoms with Crippen molar-refractivity contribution in [3.05, 3.63) is 40.4 Å². The fraction of sp³-hybridized carbons (Fsp3) is 0.400. The Kier molecular flexibility index (Phi) is 4.07. The molecule has 0 bridgehead atoms. The summed E-state index contributed by atoms with van der Waals surface area (Å²) < 4.78 is 2.20. The van der Waals surface area contributed by atoms with Crippen molar-refractivity contribution in [1.29, 1.82) is 5.26 Å². The van der Waals surface area contributed by atoms with Crippen molar-refractivity contribution in [1.82, 2.24) is 14.8 Å². The van der Waals surface area contributed by atoms with Gasteiger partial charge in [-0.05, 0) is 31.0 Å². The number of benzene rings is 1. The molecule has 0 fully saturated rings. The summed E-state index contributed by atoms with van der Waals surface area (Å²) in [5.41, 5.74) is 1.31. The van der Waals surface area contributed by atoms with Crippen molar-refractivity contribution in [3.8, 4) is 6.07 Å². The number of rotatable bonds is 3. The highest BCUT2D eigenvalue weighted by Gasteiger charge is 2.14. The number of hydrogen-bond acceptors (Lipinski definition) is 4. The van der Waals surface area contributed by atoms with Gasteiger partial charge < -0.3 is 9.88 Å². The van der Waals surface area contributed by atoms with Crippen LogP contribution in [-0.2, 0) is 19.5 Å². The van der Waals surface area contributed by atoms with E-state index in [0.717, 1.165) is 30.3 Å². The first kappa shape index (κ1) is 13.9. The highest BCUT2D eigenvalue weighted by Crippen LogP contribution is 2.21. The van der Waals surface area contributed by atoms with E-state index < -0.39 is 0 Å². The van der Waals surface area contributed by atoms with Gasteiger partial charge in [-0.3, -0.25) is 0 Å². The second kappa shape index (κ2) is 6.15. The summed E-state index contributed by atoms with van der Waals surface area (Å²) in [7, 11) is 0. The highest BCUT2D eigenvalue weighted by atomic mass is 35.5. The maximum atomic E-state index is 9.15. The van der Waals surface area contributed by atoms with E-state index in [0.29, 0.717) is 17.1 Å². The summed E-state index contributed by atoms with van der Waals surface area (Å²) in [5.74, 6) is 1.99. The molecule has 0 atom stereocenters. The molecule has 0 radical (unpaired) electrons. The third-order valence-electron chi connectivity index (χ3n) is 3.73. The molecule has 0 unspecified atom stereocenters. The molecule has 2 heterocycles. The molecule has 1 N–H and O–H groups in total. The smallest absolute Gasteiger partial charge is 0.152 e. The van der Waals surface area contributed by atoms with Crippen molar-refractivity contribution in [2.24, 2.45) is 0 Å². The van der Waals surface area contributed by atoms with Crippen LogP contribution in [0.3, 0.4) is 0 Å². The van der Waals surface area contributed by atoms with Crippen LogP contribution in [0.15, 0.2) is 18.2 Å². The molecule has 1 aliphatic heterocycles. The van der Waals surface area contributed by atoms with Crippen molar-refractivity contribution in [2.45, 2.75) is 38.8 Å². The lowest BCUT2D eigenvalue weighted by Crippen LogP contribution is -2.10. The van der Waals surface area contributed by atoms with Crippen LogP contribution in [0.1, 0.15) is 36.5 Å². The number of nitrogens with one attached hydrogen (secondary N) is 1. The van der Waals surface area contributed by atoms with Crippen LogP contribution in [0.25, 0.3) is 0 Å². The summed E-state index contributed by atoms with van der Waals surface area (Å²) in [4.78, 5) is 0. The molecule has 1 aliphatic rings. The number of aryl methyl sites for hydroxylation is 1. The van der Waals surface area contributed by atoms with E-state index in [1.54, 1.807) is 12.1 Å². The molecule has 2 aromatic rings. The minimum absolute atomic E-state index is 0.540. The van der Waals surface area contributed by atoms with Crippen molar-refractivity contribution in [3.63, 3.8) is 0 Å². The van der Waals surface area contributed by atoms with Crippen molar-refractivity contribution in [2.75, 3.05) is 5.32 Å². The standard InChI is InChI=1S/C15H16ClN5/c16-12-5-6-13(11(8-12)9-17)18-10-15-20-19-14-4-2-1-3-7-21(14)15/h5-6,8,18H,1-4,7,10H2. The van der Waals surface area contributed by atoms with Gasteiger partial charge >= 0.3 is 0 Å². The van der Waals surface area contributed by atoms with Gasteiger partial charge in [0.05, 0.1) is 17.8 Å². The lowest BCUT2D eigenvalue weighted by atomic mass is 10.2. The van der Waals surface area contributed by atoms with Crippen LogP contribution in [0, 0.1) is 11.3 Å². The van der Waals surface area contributed by atoms with Crippen LogP contribution in [-0.4, -0.2) is 14.8 Å². The quantitative estimate of drug-likeness (QED) is 0.945. The van der Waals surface area contributed by atoms with Gasteiger partial charge in [0, 0.05) is 18.0 Å². The Morgan fingerprint density at radius 3 is 3.05 bits per heavy atom. The average Bonchev–Trinajstić information content (AvgIpc) is 2.73. The van der Waals surface area contributed by atoms with E-state index >= 15 is 0 Å². The van der Waals surface area contributed by atoms with Gasteiger partial charge in [0.25, 0.3) is 0 Å². The van der Waals surface area contributed by atoms with Crippen LogP contribution in [0.2, 0.25) is 5.02 Å². The Morgan fingerprint density at radius 1 is 1.29 bits per heavy atom. The normalized spacial score (nSPS) is 14.1. The number of anilines is 1. The predicted octanol–water partition coefficient (Wildman–Crippen LogP) is 3.14. The first-order chi connectivity index (χ1) is 10.3. The minimum atomic E-state index is 0.540. The zero-order valence-corrected chi connectivity index (χ0v) is 12.4. The van der Waals surface area contributed by atoms with Gasteiger partial charge in [-0.25, -0.2) is 0 Å². The second-order valence-corrected chi connectivity index (χ2v) is 5.59. The van der Waals surface area contributed by atoms with Crippen LogP contribution in [0.5, 0.6) is 0 Å². The Labute approximate surface area is 128 Å². The number of aromatic nitrogens is 3. The maximum absolute atomic E-state index is 9.15. The third-order valence-corrected chi connectivity index (χ3v) is 3.96. The first-order valence-electron chi connectivity index (χ1n) is 7.12. The molecule has 0 saturated carbocycles. The molecule has 3 rings (SSSR count). The number of halogens is 1. The maximum Gasteiger partial charge on any atom is 0.152 e. The SMILES string of the molecule is N#Cc1cc(Cl)ccc1NCc1nnc2n1CCCCC2. The Bertz CT molecular complexity index is 686. The van der Waals surface area contributed by atoms with Gasteiger partial charge in [0.15, 0.2) is 5.82 Å². The molecule has 0 amide bonds. The van der Waals surface area contributed by atoms with Gasteiger partial charge in [-0.2, -0.15) is 5.26 Å². The molecular weight excluding hydrogens is 286 g/mol. The number of fused-ring (bicyclic) bond motifs is 1. The zero-order chi connectivity index (χ0) is 14.7. The van der Waals surface area contributed by atoms with Crippen LogP contribution in [0.4, 0.5) is 5.69 Å². The minimum Gasteiger partial charge on any atom is -0.377 e. The number of hydrogen-bond donors (Lipinski definition) is 1. The molecule has 108 valence electrons. The largest absolute Gasteiger partial charge is 0.377 e. The summed E-state index contributed by atoms with van der Waals surface area (Å²) in [5, 5.41) is 21.5. The number of nitriles is 1. The lowest BCUT2D eigenvalue weighted by molar-refractivity contribution is 0.610. The lowest BCUT2D eigenvalue weighted by Gasteiger charge is -2.10. The Hall–Kier alpha value is -2.06. The molecule has 1 aromatic heterocycles. The molecule has 0 spiro atoms. The fourth-order valence-electron chi connectivity index (χ4n) is 2.61. The monoisotopic (exact) mass is 301 g/mol. The molecule has 1 aromatic carbocycles. The van der Waals surface area contributed by atoms with E-state index in [-0.39, 0.29) is 0 Å². The zero-order valence-electron chi connectivity index (χ0n) is 11.6. The number of nitrogens with zero attached hydrogens (tertiary/aromatic N) is 4. The molecule has 0 aliphatic carbocycles.